The standard InChI is InChI=1S/C38H37F2N4O9PS2/c1-3-31(29-19-55-37(43-29)35(47)25-17-41-27-15-21(39)9-11-23(25)27)52-33(45)7-5-13-50-54(49)51-14-6-8-34(46)53-32(4-2)30-20-56-38(44-30)36(48)26-18-42-28-16-22(40)10-12-24(26)28/h9-12,15-20,31-32,41-42,54H,3-8,13-14H2,1-2H3/t31-,32-/m0/s1. The van der Waals surface area contributed by atoms with E-state index in [4.69, 9.17) is 18.5 Å². The first-order valence-electron chi connectivity index (χ1n) is 17.8. The van der Waals surface area contributed by atoms with Crippen molar-refractivity contribution in [1.29, 1.82) is 0 Å². The van der Waals surface area contributed by atoms with Crippen LogP contribution in [0, 0.1) is 11.6 Å². The molecule has 0 bridgehead atoms. The smallest absolute Gasteiger partial charge is 0.319 e. The maximum absolute atomic E-state index is 13.6. The maximum atomic E-state index is 13.6. The first-order valence-corrected chi connectivity index (χ1v) is 20.7. The van der Waals surface area contributed by atoms with Gasteiger partial charge < -0.3 is 28.5 Å². The van der Waals surface area contributed by atoms with Crippen molar-refractivity contribution >= 4 is 76.2 Å². The van der Waals surface area contributed by atoms with Gasteiger partial charge in [-0.2, -0.15) is 0 Å². The molecule has 4 aromatic heterocycles. The van der Waals surface area contributed by atoms with E-state index >= 15 is 0 Å². The van der Waals surface area contributed by atoms with Crippen molar-refractivity contribution in [1.82, 2.24) is 19.9 Å². The van der Waals surface area contributed by atoms with E-state index in [1.165, 1.54) is 48.8 Å². The Labute approximate surface area is 327 Å². The number of aromatic nitrogens is 4. The van der Waals surface area contributed by atoms with Gasteiger partial charge in [0.25, 0.3) is 0 Å². The lowest BCUT2D eigenvalue weighted by molar-refractivity contribution is -0.151. The largest absolute Gasteiger partial charge is 0.456 e. The minimum Gasteiger partial charge on any atom is -0.456 e. The van der Waals surface area contributed by atoms with E-state index in [9.17, 15) is 32.5 Å². The molecule has 2 N–H and O–H groups in total. The summed E-state index contributed by atoms with van der Waals surface area (Å²) in [6.07, 6.45) is 2.92. The second-order valence-electron chi connectivity index (χ2n) is 12.5. The van der Waals surface area contributed by atoms with Crippen LogP contribution in [0.25, 0.3) is 21.8 Å². The molecule has 294 valence electrons. The fourth-order valence-corrected chi connectivity index (χ4v) is 8.14. The summed E-state index contributed by atoms with van der Waals surface area (Å²) in [7, 11) is -2.88. The van der Waals surface area contributed by atoms with Crippen LogP contribution in [0.3, 0.4) is 0 Å². The highest BCUT2D eigenvalue weighted by atomic mass is 32.1. The minimum atomic E-state index is -2.88. The highest BCUT2D eigenvalue weighted by molar-refractivity contribution is 7.33. The predicted octanol–water partition coefficient (Wildman–Crippen LogP) is 8.97. The number of esters is 2. The van der Waals surface area contributed by atoms with Gasteiger partial charge in [-0.05, 0) is 62.1 Å². The van der Waals surface area contributed by atoms with Gasteiger partial charge in [0.2, 0.25) is 11.6 Å². The number of ketones is 2. The van der Waals surface area contributed by atoms with Crippen molar-refractivity contribution in [2.24, 2.45) is 0 Å². The summed E-state index contributed by atoms with van der Waals surface area (Å²) in [5.74, 6) is -2.54. The molecular formula is C38H37F2N4O9PS2. The summed E-state index contributed by atoms with van der Waals surface area (Å²) in [4.78, 5) is 65.9. The Morgan fingerprint density at radius 3 is 1.55 bits per heavy atom. The van der Waals surface area contributed by atoms with Gasteiger partial charge in [-0.1, -0.05) is 13.8 Å². The average Bonchev–Trinajstić information content (AvgIpc) is 4.02. The van der Waals surface area contributed by atoms with Crippen LogP contribution < -0.4 is 0 Å². The summed E-state index contributed by atoms with van der Waals surface area (Å²) in [6.45, 7) is 3.59. The van der Waals surface area contributed by atoms with E-state index in [0.29, 0.717) is 57.2 Å². The van der Waals surface area contributed by atoms with Crippen LogP contribution in [0.2, 0.25) is 0 Å². The number of hydrogen-bond acceptors (Lipinski definition) is 13. The Morgan fingerprint density at radius 1 is 0.714 bits per heavy atom. The number of aromatic amines is 2. The molecule has 0 aliphatic rings. The average molecular weight is 827 g/mol. The van der Waals surface area contributed by atoms with E-state index in [-0.39, 0.29) is 60.5 Å². The van der Waals surface area contributed by atoms with Crippen molar-refractivity contribution in [3.8, 4) is 0 Å². The van der Waals surface area contributed by atoms with E-state index in [1.54, 1.807) is 10.8 Å². The normalized spacial score (nSPS) is 12.7. The summed E-state index contributed by atoms with van der Waals surface area (Å²) >= 11 is 2.25. The summed E-state index contributed by atoms with van der Waals surface area (Å²) in [5, 5.41) is 4.90. The fourth-order valence-electron chi connectivity index (χ4n) is 5.81. The third kappa shape index (κ3) is 9.89. The molecule has 0 amide bonds. The first-order chi connectivity index (χ1) is 27.0. The molecular weight excluding hydrogens is 790 g/mol. The molecule has 0 aliphatic carbocycles. The van der Waals surface area contributed by atoms with Crippen LogP contribution in [-0.4, -0.2) is 56.7 Å². The van der Waals surface area contributed by atoms with Gasteiger partial charge in [0, 0.05) is 57.8 Å². The van der Waals surface area contributed by atoms with E-state index in [1.807, 2.05) is 13.8 Å². The zero-order valence-electron chi connectivity index (χ0n) is 30.2. The topological polar surface area (TPSA) is 180 Å². The Hall–Kier alpha value is -4.93. The van der Waals surface area contributed by atoms with Gasteiger partial charge in [-0.15, -0.1) is 22.7 Å². The van der Waals surface area contributed by atoms with Gasteiger partial charge in [0.05, 0.1) is 35.7 Å². The molecule has 2 atom stereocenters. The predicted molar refractivity (Wildman–Crippen MR) is 205 cm³/mol. The van der Waals surface area contributed by atoms with E-state index in [2.05, 4.69) is 19.9 Å². The van der Waals surface area contributed by atoms with Crippen LogP contribution in [-0.2, 0) is 32.7 Å². The van der Waals surface area contributed by atoms with E-state index in [0.717, 1.165) is 22.7 Å². The number of nitrogens with zero attached hydrogens (tertiary/aromatic N) is 2. The van der Waals surface area contributed by atoms with Crippen molar-refractivity contribution in [3.05, 3.63) is 104 Å². The molecule has 0 spiro atoms. The fraction of sp³-hybridized carbons (Fsp3) is 0.316. The molecule has 0 radical (unpaired) electrons. The van der Waals surface area contributed by atoms with Crippen molar-refractivity contribution in [3.63, 3.8) is 0 Å². The lowest BCUT2D eigenvalue weighted by Gasteiger charge is -2.14. The number of carbonyl (C=O) groups excluding carboxylic acids is 4. The molecule has 56 heavy (non-hydrogen) atoms. The SMILES string of the molecule is CC[C@H](OC(=O)CCCO[PH](=O)OCCCC(=O)O[C@@H](CC)c1csc(C(=O)c2c[nH]c3cc(F)ccc23)n1)c1csc(C(=O)c2c[nH]c3cc(F)ccc23)n1. The Balaban J connectivity index is 0.865. The van der Waals surface area contributed by atoms with Crippen LogP contribution in [0.1, 0.15) is 107 Å². The molecule has 6 rings (SSSR count). The number of benzene rings is 2. The zero-order valence-corrected chi connectivity index (χ0v) is 32.9. The number of ether oxygens (including phenoxy) is 2. The molecule has 2 aromatic carbocycles. The Bertz CT molecular complexity index is 2230. The van der Waals surface area contributed by atoms with Crippen molar-refractivity contribution < 1.29 is 51.0 Å². The molecule has 0 fully saturated rings. The maximum Gasteiger partial charge on any atom is 0.319 e. The number of H-pyrrole nitrogens is 2. The summed E-state index contributed by atoms with van der Waals surface area (Å²) in [6, 6.07) is 8.24. The molecule has 13 nitrogen and oxygen atoms in total. The van der Waals surface area contributed by atoms with Crippen molar-refractivity contribution in [2.45, 2.75) is 64.6 Å². The lowest BCUT2D eigenvalue weighted by atomic mass is 10.1. The first kappa shape index (κ1) is 40.7. The number of rotatable bonds is 20. The van der Waals surface area contributed by atoms with Gasteiger partial charge in [-0.25, -0.2) is 18.7 Å². The minimum absolute atomic E-state index is 0.0171. The number of halogens is 2. The van der Waals surface area contributed by atoms with Gasteiger partial charge in [0.1, 0.15) is 23.8 Å². The van der Waals surface area contributed by atoms with Crippen LogP contribution in [0.4, 0.5) is 8.78 Å². The molecule has 0 saturated heterocycles. The molecule has 18 heteroatoms. The highest BCUT2D eigenvalue weighted by Gasteiger charge is 2.24. The molecule has 0 unspecified atom stereocenters. The summed E-state index contributed by atoms with van der Waals surface area (Å²) in [5.41, 5.74) is 2.59. The van der Waals surface area contributed by atoms with Gasteiger partial charge >= 0.3 is 20.2 Å². The third-order valence-corrected chi connectivity index (χ3v) is 11.2. The van der Waals surface area contributed by atoms with Gasteiger partial charge in [-0.3, -0.25) is 23.7 Å². The number of nitrogens with one attached hydrogen (secondary N) is 2. The quantitative estimate of drug-likeness (QED) is 0.0325. The van der Waals surface area contributed by atoms with Crippen LogP contribution in [0.15, 0.2) is 59.6 Å². The third-order valence-electron chi connectivity index (χ3n) is 8.65. The highest BCUT2D eigenvalue weighted by Crippen LogP contribution is 2.30. The molecule has 6 aromatic rings. The van der Waals surface area contributed by atoms with Crippen LogP contribution >= 0.6 is 30.9 Å². The zero-order chi connectivity index (χ0) is 39.8. The second kappa shape index (κ2) is 18.8. The molecule has 0 saturated carbocycles. The summed E-state index contributed by atoms with van der Waals surface area (Å²) < 4.78 is 60.9. The number of thiazole rings is 2. The Kier molecular flexibility index (Phi) is 13.7. The lowest BCUT2D eigenvalue weighted by Crippen LogP contribution is -2.12. The molecule has 4 heterocycles. The second-order valence-corrected chi connectivity index (χ2v) is 15.3. The number of hydrogen-bond donors (Lipinski definition) is 2. The molecule has 0 aliphatic heterocycles. The number of carbonyl (C=O) groups is 4. The van der Waals surface area contributed by atoms with E-state index < -0.39 is 44.0 Å². The Morgan fingerprint density at radius 2 is 1.14 bits per heavy atom. The number of fused-ring (bicyclic) bond motifs is 2. The van der Waals surface area contributed by atoms with Gasteiger partial charge in [0.15, 0.2) is 10.0 Å². The van der Waals surface area contributed by atoms with Crippen LogP contribution in [0.5, 0.6) is 0 Å². The monoisotopic (exact) mass is 826 g/mol. The van der Waals surface area contributed by atoms with Crippen molar-refractivity contribution in [2.75, 3.05) is 13.2 Å².